The van der Waals surface area contributed by atoms with Crippen molar-refractivity contribution in [2.24, 2.45) is 0 Å². The number of aryl methyl sites for hydroxylation is 1. The molecular weight excluding hydrogens is 176 g/mol. The Hall–Kier alpha value is -1.61. The molecule has 0 saturated carbocycles. The molecule has 2 rings (SSSR count). The van der Waals surface area contributed by atoms with E-state index in [2.05, 4.69) is 10.2 Å². The number of benzene rings is 1. The van der Waals surface area contributed by atoms with Crippen LogP contribution < -0.4 is 0 Å². The van der Waals surface area contributed by atoms with Gasteiger partial charge in [0.15, 0.2) is 0 Å². The van der Waals surface area contributed by atoms with E-state index in [0.29, 0.717) is 0 Å². The summed E-state index contributed by atoms with van der Waals surface area (Å²) in [5.74, 6) is 0. The van der Waals surface area contributed by atoms with Crippen molar-refractivity contribution < 1.29 is 5.11 Å². The normalized spacial score (nSPS) is 12.7. The van der Waals surface area contributed by atoms with Crippen LogP contribution in [0, 0.1) is 6.92 Å². The summed E-state index contributed by atoms with van der Waals surface area (Å²) in [6.07, 6.45) is 1.10. The minimum atomic E-state index is -0.612. The highest BCUT2D eigenvalue weighted by atomic mass is 16.3. The number of hydrogen-bond acceptors (Lipinski definition) is 2. The average Bonchev–Trinajstić information content (AvgIpc) is 2.65. The van der Waals surface area contributed by atoms with E-state index in [0.717, 1.165) is 16.8 Å². The van der Waals surface area contributed by atoms with Crippen molar-refractivity contribution in [3.05, 3.63) is 53.3 Å². The third kappa shape index (κ3) is 1.54. The Bertz CT molecular complexity index is 408. The highest BCUT2D eigenvalue weighted by Crippen LogP contribution is 2.21. The van der Waals surface area contributed by atoms with Crippen molar-refractivity contribution in [2.45, 2.75) is 13.0 Å². The topological polar surface area (TPSA) is 48.9 Å². The molecule has 0 bridgehead atoms. The smallest absolute Gasteiger partial charge is 0.121 e. The first-order chi connectivity index (χ1) is 6.79. The molecule has 3 heteroatoms. The molecule has 1 aromatic heterocycles. The van der Waals surface area contributed by atoms with Gasteiger partial charge in [0.25, 0.3) is 0 Å². The van der Waals surface area contributed by atoms with Gasteiger partial charge in [-0.1, -0.05) is 30.3 Å². The van der Waals surface area contributed by atoms with Crippen LogP contribution in [0.3, 0.4) is 0 Å². The molecule has 0 aliphatic heterocycles. The van der Waals surface area contributed by atoms with Gasteiger partial charge in [-0.2, -0.15) is 5.10 Å². The van der Waals surface area contributed by atoms with E-state index < -0.39 is 6.10 Å². The summed E-state index contributed by atoms with van der Waals surface area (Å²) in [4.78, 5) is 0. The van der Waals surface area contributed by atoms with Gasteiger partial charge in [-0.3, -0.25) is 5.10 Å². The molecule has 2 N–H and O–H groups in total. The van der Waals surface area contributed by atoms with E-state index in [1.807, 2.05) is 37.3 Å². The van der Waals surface area contributed by atoms with Crippen LogP contribution in [0.1, 0.15) is 22.9 Å². The Morgan fingerprint density at radius 1 is 1.29 bits per heavy atom. The van der Waals surface area contributed by atoms with Gasteiger partial charge in [0.05, 0.1) is 11.9 Å². The highest BCUT2D eigenvalue weighted by Gasteiger charge is 2.13. The predicted octanol–water partition coefficient (Wildman–Crippen LogP) is 1.80. The first-order valence-electron chi connectivity index (χ1n) is 4.52. The fourth-order valence-electron chi connectivity index (χ4n) is 1.44. The summed E-state index contributed by atoms with van der Waals surface area (Å²) >= 11 is 0. The van der Waals surface area contributed by atoms with Crippen LogP contribution in [-0.2, 0) is 0 Å². The number of nitrogens with zero attached hydrogens (tertiary/aromatic N) is 1. The highest BCUT2D eigenvalue weighted by molar-refractivity contribution is 5.28. The third-order valence-corrected chi connectivity index (χ3v) is 2.26. The molecular formula is C11H12N2O. The van der Waals surface area contributed by atoms with Gasteiger partial charge in [-0.15, -0.1) is 0 Å². The molecule has 1 aromatic carbocycles. The van der Waals surface area contributed by atoms with Gasteiger partial charge < -0.3 is 5.11 Å². The lowest BCUT2D eigenvalue weighted by atomic mass is 10.0. The molecule has 0 fully saturated rings. The van der Waals surface area contributed by atoms with E-state index in [4.69, 9.17) is 0 Å². The molecule has 2 aromatic rings. The Morgan fingerprint density at radius 3 is 2.57 bits per heavy atom. The fraction of sp³-hybridized carbons (Fsp3) is 0.182. The van der Waals surface area contributed by atoms with Crippen LogP contribution in [0.15, 0.2) is 36.5 Å². The zero-order chi connectivity index (χ0) is 9.97. The first kappa shape index (κ1) is 8.97. The van der Waals surface area contributed by atoms with Crippen LogP contribution in [0.2, 0.25) is 0 Å². The van der Waals surface area contributed by atoms with Crippen LogP contribution in [0.25, 0.3) is 0 Å². The Morgan fingerprint density at radius 2 is 2.00 bits per heavy atom. The summed E-state index contributed by atoms with van der Waals surface area (Å²) in [6, 6.07) is 9.53. The van der Waals surface area contributed by atoms with Crippen molar-refractivity contribution in [2.75, 3.05) is 0 Å². The second kappa shape index (κ2) is 3.64. The number of aromatic amines is 1. The van der Waals surface area contributed by atoms with E-state index >= 15 is 0 Å². The van der Waals surface area contributed by atoms with E-state index in [1.165, 1.54) is 0 Å². The lowest BCUT2D eigenvalue weighted by molar-refractivity contribution is 0.214. The van der Waals surface area contributed by atoms with Crippen molar-refractivity contribution in [1.29, 1.82) is 0 Å². The summed E-state index contributed by atoms with van der Waals surface area (Å²) in [5.41, 5.74) is 2.61. The molecule has 72 valence electrons. The van der Waals surface area contributed by atoms with Crippen molar-refractivity contribution in [3.8, 4) is 0 Å². The minimum absolute atomic E-state index is 0.612. The largest absolute Gasteiger partial charge is 0.382 e. The van der Waals surface area contributed by atoms with Crippen LogP contribution >= 0.6 is 0 Å². The van der Waals surface area contributed by atoms with Crippen molar-refractivity contribution >= 4 is 0 Å². The number of aliphatic hydroxyl groups excluding tert-OH is 1. The maximum absolute atomic E-state index is 9.99. The molecule has 3 nitrogen and oxygen atoms in total. The fourth-order valence-corrected chi connectivity index (χ4v) is 1.44. The van der Waals surface area contributed by atoms with Crippen LogP contribution in [0.4, 0.5) is 0 Å². The van der Waals surface area contributed by atoms with Gasteiger partial charge in [-0.25, -0.2) is 0 Å². The Labute approximate surface area is 82.4 Å². The molecule has 1 atom stereocenters. The number of H-pyrrole nitrogens is 1. The van der Waals surface area contributed by atoms with Gasteiger partial charge in [-0.05, 0) is 18.1 Å². The molecule has 0 spiro atoms. The lowest BCUT2D eigenvalue weighted by Gasteiger charge is -2.09. The monoisotopic (exact) mass is 188 g/mol. The Kier molecular flexibility index (Phi) is 2.33. The minimum Gasteiger partial charge on any atom is -0.382 e. The lowest BCUT2D eigenvalue weighted by Crippen LogP contribution is -2.01. The van der Waals surface area contributed by atoms with Gasteiger partial charge in [0.2, 0.25) is 0 Å². The number of nitrogens with one attached hydrogen (secondary N) is 1. The van der Waals surface area contributed by atoms with Crippen LogP contribution in [-0.4, -0.2) is 15.3 Å². The maximum Gasteiger partial charge on any atom is 0.121 e. The molecule has 14 heavy (non-hydrogen) atoms. The molecule has 0 aliphatic rings. The predicted molar refractivity (Wildman–Crippen MR) is 53.8 cm³/mol. The van der Waals surface area contributed by atoms with Gasteiger partial charge >= 0.3 is 0 Å². The summed E-state index contributed by atoms with van der Waals surface area (Å²) in [5, 5.41) is 16.7. The molecule has 0 aliphatic carbocycles. The quantitative estimate of drug-likeness (QED) is 0.755. The number of aliphatic hydroxyl groups is 1. The van der Waals surface area contributed by atoms with Gasteiger partial charge in [0, 0.05) is 0 Å². The van der Waals surface area contributed by atoms with E-state index in [-0.39, 0.29) is 0 Å². The summed E-state index contributed by atoms with van der Waals surface area (Å²) in [7, 11) is 0. The van der Waals surface area contributed by atoms with Crippen LogP contribution in [0.5, 0.6) is 0 Å². The standard InChI is InChI=1S/C11H12N2O/c1-8-7-12-13-10(8)11(14)9-5-3-2-4-6-9/h2-7,11,14H,1H3,(H,12,13). The first-order valence-corrected chi connectivity index (χ1v) is 4.52. The summed E-state index contributed by atoms with van der Waals surface area (Å²) in [6.45, 7) is 1.92. The second-order valence-corrected chi connectivity index (χ2v) is 3.28. The second-order valence-electron chi connectivity index (χ2n) is 3.28. The average molecular weight is 188 g/mol. The molecule has 1 unspecified atom stereocenters. The molecule has 1 heterocycles. The van der Waals surface area contributed by atoms with Crippen molar-refractivity contribution in [1.82, 2.24) is 10.2 Å². The maximum atomic E-state index is 9.99. The SMILES string of the molecule is Cc1cn[nH]c1C(O)c1ccccc1. The zero-order valence-corrected chi connectivity index (χ0v) is 7.94. The molecule has 0 amide bonds. The number of aromatic nitrogens is 2. The third-order valence-electron chi connectivity index (χ3n) is 2.26. The van der Waals surface area contributed by atoms with Crippen molar-refractivity contribution in [3.63, 3.8) is 0 Å². The molecule has 0 radical (unpaired) electrons. The zero-order valence-electron chi connectivity index (χ0n) is 7.94. The Balaban J connectivity index is 2.34. The molecule has 0 saturated heterocycles. The van der Waals surface area contributed by atoms with E-state index in [9.17, 15) is 5.11 Å². The van der Waals surface area contributed by atoms with E-state index in [1.54, 1.807) is 6.20 Å². The van der Waals surface area contributed by atoms with Gasteiger partial charge in [0.1, 0.15) is 6.10 Å². The number of hydrogen-bond donors (Lipinski definition) is 2. The number of rotatable bonds is 2. The summed E-state index contributed by atoms with van der Waals surface area (Å²) < 4.78 is 0.